The van der Waals surface area contributed by atoms with Crippen LogP contribution in [0.15, 0.2) is 23.1 Å². The number of hydrogen-bond donors (Lipinski definition) is 1. The molecule has 22 heavy (non-hydrogen) atoms. The highest BCUT2D eigenvalue weighted by Crippen LogP contribution is 2.34. The van der Waals surface area contributed by atoms with Gasteiger partial charge < -0.3 is 5.11 Å². The van der Waals surface area contributed by atoms with E-state index in [4.69, 9.17) is 5.11 Å². The Balaban J connectivity index is 2.52. The summed E-state index contributed by atoms with van der Waals surface area (Å²) < 4.78 is 64.2. The van der Waals surface area contributed by atoms with Crippen LogP contribution < -0.4 is 0 Å². The third kappa shape index (κ3) is 2.95. The molecule has 0 amide bonds. The smallest absolute Gasteiger partial charge is 0.416 e. The standard InChI is InChI=1S/C13H14F3NO4S/c1-8-4-5-9(13(14,15)16)7-11(8)22(20,21)17-6-2-3-10(17)12(18)19/h4-5,7,10H,2-3,6H2,1H3,(H,18,19). The van der Waals surface area contributed by atoms with Crippen LogP contribution in [-0.2, 0) is 21.0 Å². The molecule has 1 N–H and O–H groups in total. The van der Waals surface area contributed by atoms with Gasteiger partial charge in [0.1, 0.15) is 6.04 Å². The van der Waals surface area contributed by atoms with Crippen LogP contribution in [0.2, 0.25) is 0 Å². The highest BCUT2D eigenvalue weighted by Gasteiger charge is 2.41. The molecule has 9 heteroatoms. The molecule has 1 fully saturated rings. The highest BCUT2D eigenvalue weighted by atomic mass is 32.2. The molecule has 0 bridgehead atoms. The summed E-state index contributed by atoms with van der Waals surface area (Å²) in [7, 11) is -4.29. The van der Waals surface area contributed by atoms with Crippen molar-refractivity contribution in [1.29, 1.82) is 0 Å². The van der Waals surface area contributed by atoms with Gasteiger partial charge in [0.15, 0.2) is 0 Å². The maximum atomic E-state index is 12.8. The predicted molar refractivity (Wildman–Crippen MR) is 70.7 cm³/mol. The van der Waals surface area contributed by atoms with E-state index in [9.17, 15) is 26.4 Å². The molecular weight excluding hydrogens is 323 g/mol. The molecular formula is C13H14F3NO4S. The number of rotatable bonds is 3. The van der Waals surface area contributed by atoms with E-state index in [1.54, 1.807) is 0 Å². The number of aliphatic carboxylic acids is 1. The Labute approximate surface area is 125 Å². The van der Waals surface area contributed by atoms with Gasteiger partial charge in [-0.05, 0) is 37.5 Å². The number of benzene rings is 1. The van der Waals surface area contributed by atoms with Crippen LogP contribution in [0.5, 0.6) is 0 Å². The van der Waals surface area contributed by atoms with E-state index in [1.165, 1.54) is 6.92 Å². The fourth-order valence-corrected chi connectivity index (χ4v) is 4.36. The molecule has 0 radical (unpaired) electrons. The largest absolute Gasteiger partial charge is 0.480 e. The summed E-state index contributed by atoms with van der Waals surface area (Å²) in [4.78, 5) is 10.6. The summed E-state index contributed by atoms with van der Waals surface area (Å²) in [5.41, 5.74) is -0.938. The number of aryl methyl sites for hydroxylation is 1. The van der Waals surface area contributed by atoms with Crippen LogP contribution in [0.3, 0.4) is 0 Å². The summed E-state index contributed by atoms with van der Waals surface area (Å²) >= 11 is 0. The highest BCUT2D eigenvalue weighted by molar-refractivity contribution is 7.89. The zero-order valence-electron chi connectivity index (χ0n) is 11.6. The van der Waals surface area contributed by atoms with Crippen molar-refractivity contribution < 1.29 is 31.5 Å². The van der Waals surface area contributed by atoms with E-state index >= 15 is 0 Å². The van der Waals surface area contributed by atoms with Gasteiger partial charge in [-0.3, -0.25) is 4.79 Å². The Morgan fingerprint density at radius 3 is 2.55 bits per heavy atom. The van der Waals surface area contributed by atoms with E-state index in [0.29, 0.717) is 12.5 Å². The van der Waals surface area contributed by atoms with E-state index in [2.05, 4.69) is 0 Å². The first-order chi connectivity index (χ1) is 10.0. The van der Waals surface area contributed by atoms with Gasteiger partial charge in [0.25, 0.3) is 0 Å². The molecule has 2 rings (SSSR count). The monoisotopic (exact) mass is 337 g/mol. The second kappa shape index (κ2) is 5.54. The lowest BCUT2D eigenvalue weighted by Gasteiger charge is -2.22. The number of sulfonamides is 1. The van der Waals surface area contributed by atoms with Gasteiger partial charge in [0.2, 0.25) is 10.0 Å². The minimum absolute atomic E-state index is 0.0189. The first kappa shape index (κ1) is 16.8. The third-order valence-electron chi connectivity index (χ3n) is 3.59. The molecule has 1 aromatic rings. The number of alkyl halides is 3. The van der Waals surface area contributed by atoms with Gasteiger partial charge in [0.05, 0.1) is 10.5 Å². The molecule has 0 saturated carbocycles. The van der Waals surface area contributed by atoms with E-state index in [0.717, 1.165) is 16.4 Å². The number of halogens is 3. The fraction of sp³-hybridized carbons (Fsp3) is 0.462. The van der Waals surface area contributed by atoms with Crippen molar-refractivity contribution >= 4 is 16.0 Å². The van der Waals surface area contributed by atoms with Crippen molar-refractivity contribution in [2.45, 2.75) is 36.9 Å². The number of hydrogen-bond acceptors (Lipinski definition) is 3. The lowest BCUT2D eigenvalue weighted by Crippen LogP contribution is -2.40. The molecule has 1 heterocycles. The van der Waals surface area contributed by atoms with E-state index < -0.39 is 38.7 Å². The normalized spacial score (nSPS) is 20.3. The molecule has 5 nitrogen and oxygen atoms in total. The van der Waals surface area contributed by atoms with Crippen molar-refractivity contribution in [3.8, 4) is 0 Å². The van der Waals surface area contributed by atoms with Crippen molar-refractivity contribution in [1.82, 2.24) is 4.31 Å². The average Bonchev–Trinajstić information content (AvgIpc) is 2.87. The van der Waals surface area contributed by atoms with Gasteiger partial charge in [-0.15, -0.1) is 0 Å². The molecule has 122 valence electrons. The van der Waals surface area contributed by atoms with Crippen LogP contribution in [0.25, 0.3) is 0 Å². The van der Waals surface area contributed by atoms with Crippen LogP contribution in [0, 0.1) is 6.92 Å². The Bertz CT molecular complexity index is 700. The van der Waals surface area contributed by atoms with Crippen molar-refractivity contribution in [2.24, 2.45) is 0 Å². The zero-order valence-corrected chi connectivity index (χ0v) is 12.4. The summed E-state index contributed by atoms with van der Waals surface area (Å²) in [5, 5.41) is 9.06. The second-order valence-corrected chi connectivity index (χ2v) is 6.95. The molecule has 0 aromatic heterocycles. The summed E-state index contributed by atoms with van der Waals surface area (Å²) in [6.45, 7) is 1.36. The molecule has 0 aliphatic carbocycles. The number of nitrogens with zero attached hydrogens (tertiary/aromatic N) is 1. The summed E-state index contributed by atoms with van der Waals surface area (Å²) in [6.07, 6.45) is -4.17. The van der Waals surface area contributed by atoms with Crippen LogP contribution in [0.1, 0.15) is 24.0 Å². The number of carboxylic acids is 1. The van der Waals surface area contributed by atoms with Gasteiger partial charge in [-0.25, -0.2) is 8.42 Å². The molecule has 1 aliphatic rings. The van der Waals surface area contributed by atoms with Crippen LogP contribution in [-0.4, -0.2) is 36.4 Å². The Hall–Kier alpha value is -1.61. The molecule has 1 atom stereocenters. The zero-order chi connectivity index (χ0) is 16.7. The quantitative estimate of drug-likeness (QED) is 0.918. The first-order valence-electron chi connectivity index (χ1n) is 6.47. The lowest BCUT2D eigenvalue weighted by atomic mass is 10.1. The SMILES string of the molecule is Cc1ccc(C(F)(F)F)cc1S(=O)(=O)N1CCCC1C(=O)O. The molecule has 0 spiro atoms. The van der Waals surface area contributed by atoms with Gasteiger partial charge >= 0.3 is 12.1 Å². The molecule has 1 aliphatic heterocycles. The van der Waals surface area contributed by atoms with Crippen molar-refractivity contribution in [3.05, 3.63) is 29.3 Å². The van der Waals surface area contributed by atoms with E-state index in [-0.39, 0.29) is 18.5 Å². The van der Waals surface area contributed by atoms with Gasteiger partial charge in [-0.1, -0.05) is 6.07 Å². The van der Waals surface area contributed by atoms with Crippen molar-refractivity contribution in [2.75, 3.05) is 6.54 Å². The minimum atomic E-state index is -4.67. The fourth-order valence-electron chi connectivity index (χ4n) is 2.46. The first-order valence-corrected chi connectivity index (χ1v) is 7.91. The second-order valence-electron chi connectivity index (χ2n) is 5.09. The van der Waals surface area contributed by atoms with Crippen molar-refractivity contribution in [3.63, 3.8) is 0 Å². The molecule has 1 aromatic carbocycles. The predicted octanol–water partition coefficient (Wildman–Crippen LogP) is 2.25. The molecule has 1 saturated heterocycles. The van der Waals surface area contributed by atoms with Gasteiger partial charge in [-0.2, -0.15) is 17.5 Å². The Kier molecular flexibility index (Phi) is 4.22. The maximum absolute atomic E-state index is 12.8. The van der Waals surface area contributed by atoms with Crippen LogP contribution >= 0.6 is 0 Å². The lowest BCUT2D eigenvalue weighted by molar-refractivity contribution is -0.141. The number of carbonyl (C=O) groups is 1. The summed E-state index contributed by atoms with van der Waals surface area (Å²) in [6, 6.07) is 1.19. The summed E-state index contributed by atoms with van der Waals surface area (Å²) in [5.74, 6) is -1.30. The Morgan fingerprint density at radius 2 is 2.00 bits per heavy atom. The number of carboxylic acid groups (broad SMARTS) is 1. The maximum Gasteiger partial charge on any atom is 0.416 e. The van der Waals surface area contributed by atoms with E-state index in [1.807, 2.05) is 0 Å². The van der Waals surface area contributed by atoms with Gasteiger partial charge in [0, 0.05) is 6.54 Å². The molecule has 1 unspecified atom stereocenters. The van der Waals surface area contributed by atoms with Crippen LogP contribution in [0.4, 0.5) is 13.2 Å². The average molecular weight is 337 g/mol. The third-order valence-corrected chi connectivity index (χ3v) is 5.64. The minimum Gasteiger partial charge on any atom is -0.480 e. The topological polar surface area (TPSA) is 74.7 Å². The Morgan fingerprint density at radius 1 is 1.36 bits per heavy atom.